The van der Waals surface area contributed by atoms with Gasteiger partial charge in [0.2, 0.25) is 0 Å². The standard InChI is InChI=1S/C13H11F2NO2S/c1-6-3-4-7(14)10(11(6)15)9-5-8(16)12(19-9)13(17)18-2/h3-5H,16H2,1-2H3. The Morgan fingerprint density at radius 1 is 1.37 bits per heavy atom. The smallest absolute Gasteiger partial charge is 0.350 e. The predicted octanol–water partition coefficient (Wildman–Crippen LogP) is 3.37. The molecule has 0 aliphatic carbocycles. The lowest BCUT2D eigenvalue weighted by Gasteiger charge is -2.04. The van der Waals surface area contributed by atoms with Gasteiger partial charge in [-0.15, -0.1) is 11.3 Å². The fraction of sp³-hybridized carbons (Fsp3) is 0.154. The number of ether oxygens (including phenoxy) is 1. The van der Waals surface area contributed by atoms with Gasteiger partial charge in [-0.05, 0) is 24.6 Å². The van der Waals surface area contributed by atoms with E-state index in [9.17, 15) is 13.6 Å². The zero-order valence-corrected chi connectivity index (χ0v) is 11.1. The van der Waals surface area contributed by atoms with E-state index in [-0.39, 0.29) is 21.0 Å². The largest absolute Gasteiger partial charge is 0.465 e. The van der Waals surface area contributed by atoms with E-state index in [4.69, 9.17) is 5.73 Å². The Kier molecular flexibility index (Phi) is 3.53. The number of carbonyl (C=O) groups is 1. The molecule has 0 radical (unpaired) electrons. The number of thiophene rings is 1. The minimum absolute atomic E-state index is 0.137. The zero-order valence-electron chi connectivity index (χ0n) is 10.3. The van der Waals surface area contributed by atoms with Crippen LogP contribution in [0.15, 0.2) is 18.2 Å². The van der Waals surface area contributed by atoms with Crippen molar-refractivity contribution >= 4 is 23.0 Å². The number of anilines is 1. The highest BCUT2D eigenvalue weighted by Gasteiger charge is 2.20. The van der Waals surface area contributed by atoms with Gasteiger partial charge in [-0.25, -0.2) is 13.6 Å². The molecule has 0 aliphatic rings. The van der Waals surface area contributed by atoms with Crippen LogP contribution in [0.1, 0.15) is 15.2 Å². The van der Waals surface area contributed by atoms with E-state index in [1.54, 1.807) is 0 Å². The summed E-state index contributed by atoms with van der Waals surface area (Å²) in [5, 5.41) is 0. The van der Waals surface area contributed by atoms with E-state index in [1.165, 1.54) is 32.2 Å². The third-order valence-electron chi connectivity index (χ3n) is 2.66. The maximum absolute atomic E-state index is 14.0. The molecule has 19 heavy (non-hydrogen) atoms. The van der Waals surface area contributed by atoms with Crippen molar-refractivity contribution in [3.8, 4) is 10.4 Å². The molecule has 1 aromatic heterocycles. The van der Waals surface area contributed by atoms with Gasteiger partial charge < -0.3 is 10.5 Å². The SMILES string of the molecule is COC(=O)c1sc(-c2c(F)ccc(C)c2F)cc1N. The lowest BCUT2D eigenvalue weighted by molar-refractivity contribution is 0.0607. The molecule has 3 nitrogen and oxygen atoms in total. The molecule has 0 saturated heterocycles. The van der Waals surface area contributed by atoms with Gasteiger partial charge in [-0.3, -0.25) is 0 Å². The molecule has 0 aliphatic heterocycles. The number of nitrogen functional groups attached to an aromatic ring is 1. The zero-order chi connectivity index (χ0) is 14.2. The second kappa shape index (κ2) is 4.97. The molecule has 0 bridgehead atoms. The lowest BCUT2D eigenvalue weighted by Crippen LogP contribution is -2.00. The van der Waals surface area contributed by atoms with E-state index >= 15 is 0 Å². The molecule has 6 heteroatoms. The number of methoxy groups -OCH3 is 1. The average Bonchev–Trinajstić information content (AvgIpc) is 2.75. The lowest BCUT2D eigenvalue weighted by atomic mass is 10.1. The third-order valence-corrected chi connectivity index (χ3v) is 3.81. The number of carbonyl (C=O) groups excluding carboxylic acids is 1. The van der Waals surface area contributed by atoms with Crippen molar-refractivity contribution in [1.29, 1.82) is 0 Å². The molecule has 0 saturated carbocycles. The molecule has 0 fully saturated rings. The Balaban J connectivity index is 2.61. The van der Waals surface area contributed by atoms with Gasteiger partial charge in [0.15, 0.2) is 0 Å². The fourth-order valence-corrected chi connectivity index (χ4v) is 2.70. The highest BCUT2D eigenvalue weighted by Crippen LogP contribution is 2.37. The highest BCUT2D eigenvalue weighted by atomic mass is 32.1. The molecule has 0 unspecified atom stereocenters. The molecular weight excluding hydrogens is 272 g/mol. The minimum Gasteiger partial charge on any atom is -0.465 e. The van der Waals surface area contributed by atoms with Crippen molar-refractivity contribution in [3.63, 3.8) is 0 Å². The minimum atomic E-state index is -0.694. The molecule has 100 valence electrons. The van der Waals surface area contributed by atoms with Crippen LogP contribution in [0.5, 0.6) is 0 Å². The Labute approximate surface area is 112 Å². The van der Waals surface area contributed by atoms with Gasteiger partial charge in [0.05, 0.1) is 18.4 Å². The van der Waals surface area contributed by atoms with Crippen molar-refractivity contribution in [2.45, 2.75) is 6.92 Å². The highest BCUT2D eigenvalue weighted by molar-refractivity contribution is 7.18. The summed E-state index contributed by atoms with van der Waals surface area (Å²) >= 11 is 0.903. The van der Waals surface area contributed by atoms with Gasteiger partial charge in [0.1, 0.15) is 16.5 Å². The van der Waals surface area contributed by atoms with Crippen LogP contribution in [0, 0.1) is 18.6 Å². The van der Waals surface area contributed by atoms with Crippen LogP contribution in [0.25, 0.3) is 10.4 Å². The average molecular weight is 283 g/mol. The van der Waals surface area contributed by atoms with E-state index in [1.807, 2.05) is 0 Å². The number of nitrogens with two attached hydrogens (primary N) is 1. The summed E-state index contributed by atoms with van der Waals surface area (Å²) in [6.07, 6.45) is 0. The normalized spacial score (nSPS) is 10.5. The first-order valence-corrected chi connectivity index (χ1v) is 6.20. The second-order valence-corrected chi connectivity index (χ2v) is 4.99. The Morgan fingerprint density at radius 3 is 2.68 bits per heavy atom. The topological polar surface area (TPSA) is 52.3 Å². The van der Waals surface area contributed by atoms with Crippen LogP contribution in [-0.4, -0.2) is 13.1 Å². The first-order chi connectivity index (χ1) is 8.95. The number of halogens is 2. The summed E-state index contributed by atoms with van der Waals surface area (Å²) in [6, 6.07) is 3.91. The molecule has 1 heterocycles. The molecule has 0 atom stereocenters. The van der Waals surface area contributed by atoms with E-state index < -0.39 is 17.6 Å². The number of rotatable bonds is 2. The summed E-state index contributed by atoms with van der Waals surface area (Å²) in [5.74, 6) is -1.97. The van der Waals surface area contributed by atoms with E-state index in [0.717, 1.165) is 11.3 Å². The molecule has 0 amide bonds. The maximum Gasteiger partial charge on any atom is 0.350 e. The van der Waals surface area contributed by atoms with Crippen LogP contribution in [0.4, 0.5) is 14.5 Å². The van der Waals surface area contributed by atoms with Crippen LogP contribution in [0.3, 0.4) is 0 Å². The monoisotopic (exact) mass is 283 g/mol. The van der Waals surface area contributed by atoms with Gasteiger partial charge in [0.25, 0.3) is 0 Å². The fourth-order valence-electron chi connectivity index (χ4n) is 1.66. The summed E-state index contributed by atoms with van der Waals surface area (Å²) in [7, 11) is 1.22. The van der Waals surface area contributed by atoms with Crippen LogP contribution >= 0.6 is 11.3 Å². The van der Waals surface area contributed by atoms with E-state index in [0.29, 0.717) is 5.56 Å². The Morgan fingerprint density at radius 2 is 2.05 bits per heavy atom. The first kappa shape index (κ1) is 13.5. The van der Waals surface area contributed by atoms with Gasteiger partial charge in [-0.2, -0.15) is 0 Å². The van der Waals surface area contributed by atoms with Crippen molar-refractivity contribution < 1.29 is 18.3 Å². The molecule has 2 N–H and O–H groups in total. The number of benzene rings is 1. The van der Waals surface area contributed by atoms with Crippen molar-refractivity contribution in [1.82, 2.24) is 0 Å². The van der Waals surface area contributed by atoms with E-state index in [2.05, 4.69) is 4.74 Å². The summed E-state index contributed by atoms with van der Waals surface area (Å²) < 4.78 is 32.3. The predicted molar refractivity (Wildman–Crippen MR) is 70.2 cm³/mol. The van der Waals surface area contributed by atoms with Crippen molar-refractivity contribution in [3.05, 3.63) is 40.3 Å². The third kappa shape index (κ3) is 2.31. The summed E-state index contributed by atoms with van der Waals surface area (Å²) in [5.41, 5.74) is 5.95. The van der Waals surface area contributed by atoms with Crippen LogP contribution < -0.4 is 5.73 Å². The molecule has 1 aromatic carbocycles. The van der Waals surface area contributed by atoms with Gasteiger partial charge in [-0.1, -0.05) is 6.07 Å². The molecule has 2 aromatic rings. The van der Waals surface area contributed by atoms with Crippen LogP contribution in [-0.2, 0) is 4.74 Å². The van der Waals surface area contributed by atoms with Crippen LogP contribution in [0.2, 0.25) is 0 Å². The molecule has 2 rings (SSSR count). The second-order valence-electron chi connectivity index (χ2n) is 3.94. The molecule has 0 spiro atoms. The Bertz CT molecular complexity index is 652. The van der Waals surface area contributed by atoms with Gasteiger partial charge >= 0.3 is 5.97 Å². The summed E-state index contributed by atoms with van der Waals surface area (Å²) in [4.78, 5) is 11.8. The number of aryl methyl sites for hydroxylation is 1. The van der Waals surface area contributed by atoms with Gasteiger partial charge in [0, 0.05) is 4.88 Å². The Hall–Kier alpha value is -1.95. The van der Waals surface area contributed by atoms with Crippen molar-refractivity contribution in [2.75, 3.05) is 12.8 Å². The van der Waals surface area contributed by atoms with Crippen molar-refractivity contribution in [2.24, 2.45) is 0 Å². The maximum atomic E-state index is 14.0. The quantitative estimate of drug-likeness (QED) is 0.860. The number of hydrogen-bond acceptors (Lipinski definition) is 4. The molecular formula is C13H11F2NO2S. The summed E-state index contributed by atoms with van der Waals surface area (Å²) in [6.45, 7) is 1.54. The number of esters is 1. The number of hydrogen-bond donors (Lipinski definition) is 1. The first-order valence-electron chi connectivity index (χ1n) is 5.38.